The molecule has 1 aliphatic rings. The van der Waals surface area contributed by atoms with Crippen molar-refractivity contribution >= 4 is 0 Å². The number of hydrogen-bond acceptors (Lipinski definition) is 3. The molecule has 0 aromatic carbocycles. The third-order valence-corrected chi connectivity index (χ3v) is 3.39. The molecule has 90 valence electrons. The summed E-state index contributed by atoms with van der Waals surface area (Å²) in [5.41, 5.74) is 0. The predicted octanol–water partition coefficient (Wildman–Crippen LogP) is 1.01. The third-order valence-electron chi connectivity index (χ3n) is 3.39. The van der Waals surface area contributed by atoms with Gasteiger partial charge in [0.1, 0.15) is 0 Å². The van der Waals surface area contributed by atoms with E-state index in [2.05, 4.69) is 43.1 Å². The maximum atomic E-state index is 3.64. The Morgan fingerprint density at radius 1 is 1.47 bits per heavy atom. The predicted molar refractivity (Wildman–Crippen MR) is 66.3 cm³/mol. The Bertz CT molecular complexity index is 170. The lowest BCUT2D eigenvalue weighted by molar-refractivity contribution is 0.267. The second kappa shape index (κ2) is 6.46. The summed E-state index contributed by atoms with van der Waals surface area (Å²) >= 11 is 0. The first-order valence-corrected chi connectivity index (χ1v) is 6.21. The average molecular weight is 213 g/mol. The second-order valence-electron chi connectivity index (χ2n) is 5.13. The monoisotopic (exact) mass is 213 g/mol. The van der Waals surface area contributed by atoms with Gasteiger partial charge in [-0.05, 0) is 60.4 Å². The van der Waals surface area contributed by atoms with Crippen LogP contribution in [0.1, 0.15) is 26.7 Å². The zero-order valence-electron chi connectivity index (χ0n) is 10.8. The van der Waals surface area contributed by atoms with Crippen LogP contribution in [0.15, 0.2) is 0 Å². The van der Waals surface area contributed by atoms with Crippen molar-refractivity contribution in [3.63, 3.8) is 0 Å². The molecule has 3 heteroatoms. The Morgan fingerprint density at radius 3 is 2.73 bits per heavy atom. The van der Waals surface area contributed by atoms with E-state index in [9.17, 15) is 0 Å². The molecule has 0 saturated carbocycles. The van der Waals surface area contributed by atoms with Gasteiger partial charge in [0, 0.05) is 18.6 Å². The van der Waals surface area contributed by atoms with E-state index in [4.69, 9.17) is 0 Å². The number of hydrogen-bond donors (Lipinski definition) is 1. The molecular formula is C12H27N3. The molecule has 1 saturated heterocycles. The van der Waals surface area contributed by atoms with Gasteiger partial charge in [0.05, 0.1) is 0 Å². The van der Waals surface area contributed by atoms with Crippen molar-refractivity contribution < 1.29 is 0 Å². The normalized spacial score (nSPS) is 23.2. The summed E-state index contributed by atoms with van der Waals surface area (Å²) in [5, 5.41) is 3.64. The van der Waals surface area contributed by atoms with Crippen LogP contribution in [0, 0.1) is 0 Å². The van der Waals surface area contributed by atoms with E-state index >= 15 is 0 Å². The van der Waals surface area contributed by atoms with E-state index < -0.39 is 0 Å². The van der Waals surface area contributed by atoms with Gasteiger partial charge in [-0.15, -0.1) is 0 Å². The highest BCUT2D eigenvalue weighted by molar-refractivity contribution is 4.78. The van der Waals surface area contributed by atoms with Crippen LogP contribution in [-0.4, -0.2) is 62.2 Å². The number of likely N-dealkylation sites (tertiary alicyclic amines) is 1. The zero-order valence-corrected chi connectivity index (χ0v) is 10.8. The van der Waals surface area contributed by atoms with Gasteiger partial charge >= 0.3 is 0 Å². The highest BCUT2D eigenvalue weighted by Crippen LogP contribution is 2.05. The summed E-state index contributed by atoms with van der Waals surface area (Å²) in [5.74, 6) is 0. The molecule has 1 rings (SSSR count). The van der Waals surface area contributed by atoms with Gasteiger partial charge in [-0.2, -0.15) is 0 Å². The lowest BCUT2D eigenvalue weighted by atomic mass is 10.2. The SMILES string of the molecule is CC(C)N(C)CCCNC1CCN(C)C1. The van der Waals surface area contributed by atoms with Crippen molar-refractivity contribution in [2.75, 3.05) is 40.3 Å². The summed E-state index contributed by atoms with van der Waals surface area (Å²) in [6.45, 7) is 9.34. The van der Waals surface area contributed by atoms with Crippen LogP contribution < -0.4 is 5.32 Å². The van der Waals surface area contributed by atoms with Crippen molar-refractivity contribution in [3.05, 3.63) is 0 Å². The highest BCUT2D eigenvalue weighted by Gasteiger charge is 2.17. The molecule has 0 spiro atoms. The first-order valence-electron chi connectivity index (χ1n) is 6.21. The Kier molecular flexibility index (Phi) is 5.58. The van der Waals surface area contributed by atoms with Gasteiger partial charge in [-0.1, -0.05) is 0 Å². The lowest BCUT2D eigenvalue weighted by Crippen LogP contribution is -2.34. The molecule has 0 aromatic rings. The van der Waals surface area contributed by atoms with Crippen LogP contribution in [0.2, 0.25) is 0 Å². The molecule has 1 atom stereocenters. The summed E-state index contributed by atoms with van der Waals surface area (Å²) < 4.78 is 0. The van der Waals surface area contributed by atoms with E-state index in [1.807, 2.05) is 0 Å². The fraction of sp³-hybridized carbons (Fsp3) is 1.00. The second-order valence-corrected chi connectivity index (χ2v) is 5.13. The Morgan fingerprint density at radius 2 is 2.20 bits per heavy atom. The van der Waals surface area contributed by atoms with Gasteiger partial charge in [0.25, 0.3) is 0 Å². The molecule has 0 amide bonds. The Balaban J connectivity index is 1.97. The molecule has 0 aliphatic carbocycles. The maximum Gasteiger partial charge on any atom is 0.0207 e. The van der Waals surface area contributed by atoms with E-state index in [1.165, 1.54) is 32.5 Å². The Labute approximate surface area is 94.8 Å². The molecule has 1 N–H and O–H groups in total. The topological polar surface area (TPSA) is 18.5 Å². The highest BCUT2D eigenvalue weighted by atomic mass is 15.2. The van der Waals surface area contributed by atoms with Crippen molar-refractivity contribution in [2.24, 2.45) is 0 Å². The standard InChI is InChI=1S/C12H27N3/c1-11(2)15(4)8-5-7-13-12-6-9-14(3)10-12/h11-13H,5-10H2,1-4H3. The summed E-state index contributed by atoms with van der Waals surface area (Å²) in [7, 11) is 4.40. The van der Waals surface area contributed by atoms with Crippen LogP contribution in [-0.2, 0) is 0 Å². The van der Waals surface area contributed by atoms with Crippen LogP contribution in [0.3, 0.4) is 0 Å². The van der Waals surface area contributed by atoms with Gasteiger partial charge < -0.3 is 15.1 Å². The van der Waals surface area contributed by atoms with Crippen LogP contribution in [0.4, 0.5) is 0 Å². The fourth-order valence-electron chi connectivity index (χ4n) is 1.99. The molecule has 1 heterocycles. The van der Waals surface area contributed by atoms with Gasteiger partial charge in [-0.25, -0.2) is 0 Å². The first-order chi connectivity index (χ1) is 7.09. The van der Waals surface area contributed by atoms with Crippen molar-refractivity contribution in [3.8, 4) is 0 Å². The van der Waals surface area contributed by atoms with Crippen LogP contribution >= 0.6 is 0 Å². The Hall–Kier alpha value is -0.120. The fourth-order valence-corrected chi connectivity index (χ4v) is 1.99. The molecule has 1 unspecified atom stereocenters. The minimum absolute atomic E-state index is 0.669. The van der Waals surface area contributed by atoms with Crippen molar-refractivity contribution in [1.82, 2.24) is 15.1 Å². The third kappa shape index (κ3) is 4.96. The lowest BCUT2D eigenvalue weighted by Gasteiger charge is -2.21. The van der Waals surface area contributed by atoms with Crippen LogP contribution in [0.25, 0.3) is 0 Å². The molecule has 0 aromatic heterocycles. The summed E-state index contributed by atoms with van der Waals surface area (Å²) in [6, 6.07) is 1.40. The van der Waals surface area contributed by atoms with E-state index in [0.717, 1.165) is 12.6 Å². The first kappa shape index (κ1) is 12.9. The van der Waals surface area contributed by atoms with Gasteiger partial charge in [0.2, 0.25) is 0 Å². The maximum absolute atomic E-state index is 3.64. The quantitative estimate of drug-likeness (QED) is 0.664. The number of rotatable bonds is 6. The number of likely N-dealkylation sites (N-methyl/N-ethyl adjacent to an activating group) is 1. The van der Waals surface area contributed by atoms with Gasteiger partial charge in [0.15, 0.2) is 0 Å². The molecule has 3 nitrogen and oxygen atoms in total. The minimum atomic E-state index is 0.669. The molecule has 0 radical (unpaired) electrons. The smallest absolute Gasteiger partial charge is 0.0207 e. The van der Waals surface area contributed by atoms with Crippen molar-refractivity contribution in [1.29, 1.82) is 0 Å². The molecular weight excluding hydrogens is 186 g/mol. The largest absolute Gasteiger partial charge is 0.313 e. The van der Waals surface area contributed by atoms with Gasteiger partial charge in [-0.3, -0.25) is 0 Å². The average Bonchev–Trinajstić information content (AvgIpc) is 2.58. The minimum Gasteiger partial charge on any atom is -0.313 e. The zero-order chi connectivity index (χ0) is 11.3. The molecule has 15 heavy (non-hydrogen) atoms. The summed E-state index contributed by atoms with van der Waals surface area (Å²) in [4.78, 5) is 4.81. The van der Waals surface area contributed by atoms with Crippen molar-refractivity contribution in [2.45, 2.75) is 38.8 Å². The number of nitrogens with one attached hydrogen (secondary N) is 1. The van der Waals surface area contributed by atoms with E-state index in [1.54, 1.807) is 0 Å². The summed E-state index contributed by atoms with van der Waals surface area (Å²) in [6.07, 6.45) is 2.57. The molecule has 1 aliphatic heterocycles. The number of nitrogens with zero attached hydrogens (tertiary/aromatic N) is 2. The van der Waals surface area contributed by atoms with E-state index in [-0.39, 0.29) is 0 Å². The molecule has 1 fully saturated rings. The van der Waals surface area contributed by atoms with E-state index in [0.29, 0.717) is 6.04 Å². The van der Waals surface area contributed by atoms with Crippen LogP contribution in [0.5, 0.6) is 0 Å². The molecule has 0 bridgehead atoms.